The number of methoxy groups -OCH3 is 1. The van der Waals surface area contributed by atoms with E-state index >= 15 is 0 Å². The van der Waals surface area contributed by atoms with E-state index in [0.717, 1.165) is 6.42 Å². The minimum atomic E-state index is -0.935. The average Bonchev–Trinajstić information content (AvgIpc) is 2.28. The topological polar surface area (TPSA) is 64.7 Å². The van der Waals surface area contributed by atoms with Crippen molar-refractivity contribution in [1.29, 1.82) is 0 Å². The first-order valence-corrected chi connectivity index (χ1v) is 4.89. The Balaban J connectivity index is 2.48. The van der Waals surface area contributed by atoms with E-state index in [0.29, 0.717) is 12.4 Å². The lowest BCUT2D eigenvalue weighted by Gasteiger charge is -2.11. The fourth-order valence-electron chi connectivity index (χ4n) is 1.16. The normalized spacial score (nSPS) is 12.5. The molecule has 84 valence electrons. The fourth-order valence-corrected chi connectivity index (χ4v) is 1.16. The molecule has 0 fully saturated rings. The Labute approximate surface area is 89.6 Å². The van der Waals surface area contributed by atoms with Crippen LogP contribution >= 0.6 is 0 Å². The minimum Gasteiger partial charge on any atom is -0.464 e. The van der Waals surface area contributed by atoms with Crippen molar-refractivity contribution >= 4 is 0 Å². The third-order valence-corrected chi connectivity index (χ3v) is 1.99. The van der Waals surface area contributed by atoms with Crippen molar-refractivity contribution in [3.8, 4) is 5.75 Å². The molecular weight excluding hydrogens is 194 g/mol. The Morgan fingerprint density at radius 2 is 2.00 bits per heavy atom. The van der Waals surface area contributed by atoms with Crippen molar-refractivity contribution in [2.24, 2.45) is 5.73 Å². The second kappa shape index (κ2) is 6.40. The minimum absolute atomic E-state index is 0.0887. The third kappa shape index (κ3) is 4.29. The molecule has 0 amide bonds. The smallest absolute Gasteiger partial charge is 0.209 e. The van der Waals surface area contributed by atoms with Crippen LogP contribution in [-0.2, 0) is 11.2 Å². The van der Waals surface area contributed by atoms with Gasteiger partial charge in [-0.15, -0.1) is 0 Å². The molecule has 0 heterocycles. The van der Waals surface area contributed by atoms with E-state index in [9.17, 15) is 0 Å². The van der Waals surface area contributed by atoms with E-state index in [1.165, 1.54) is 5.56 Å². The molecule has 1 atom stereocenters. The van der Waals surface area contributed by atoms with Gasteiger partial charge in [0.1, 0.15) is 5.75 Å². The highest BCUT2D eigenvalue weighted by molar-refractivity contribution is 5.27. The van der Waals surface area contributed by atoms with Gasteiger partial charge in [-0.1, -0.05) is 12.1 Å². The van der Waals surface area contributed by atoms with Gasteiger partial charge in [0.2, 0.25) is 6.29 Å². The maximum Gasteiger partial charge on any atom is 0.209 e. The average molecular weight is 211 g/mol. The van der Waals surface area contributed by atoms with Crippen LogP contribution in [0, 0.1) is 0 Å². The van der Waals surface area contributed by atoms with E-state index in [2.05, 4.69) is 0 Å². The van der Waals surface area contributed by atoms with Gasteiger partial charge in [-0.05, 0) is 24.1 Å². The van der Waals surface area contributed by atoms with E-state index in [1.54, 1.807) is 7.11 Å². The molecule has 0 saturated carbocycles. The maximum atomic E-state index is 9.15. The van der Waals surface area contributed by atoms with E-state index in [1.807, 2.05) is 24.3 Å². The first-order chi connectivity index (χ1) is 7.26. The summed E-state index contributed by atoms with van der Waals surface area (Å²) in [5, 5.41) is 9.15. The molecule has 3 N–H and O–H groups in total. The molecule has 0 spiro atoms. The Hall–Kier alpha value is -1.10. The van der Waals surface area contributed by atoms with Crippen molar-refractivity contribution in [1.82, 2.24) is 0 Å². The predicted molar refractivity (Wildman–Crippen MR) is 57.7 cm³/mol. The lowest BCUT2D eigenvalue weighted by molar-refractivity contribution is -0.00859. The summed E-state index contributed by atoms with van der Waals surface area (Å²) >= 11 is 0. The Morgan fingerprint density at radius 3 is 2.53 bits per heavy atom. The van der Waals surface area contributed by atoms with Gasteiger partial charge in [0.05, 0.1) is 13.2 Å². The van der Waals surface area contributed by atoms with Crippen molar-refractivity contribution in [3.63, 3.8) is 0 Å². The van der Waals surface area contributed by atoms with Crippen LogP contribution in [0.5, 0.6) is 5.75 Å². The van der Waals surface area contributed by atoms with Crippen molar-refractivity contribution in [2.45, 2.75) is 12.7 Å². The first-order valence-electron chi connectivity index (χ1n) is 4.89. The highest BCUT2D eigenvalue weighted by Gasteiger charge is 2.02. The lowest BCUT2D eigenvalue weighted by Crippen LogP contribution is -2.25. The van der Waals surface area contributed by atoms with Crippen LogP contribution in [-0.4, -0.2) is 31.7 Å². The second-order valence-corrected chi connectivity index (χ2v) is 3.19. The number of nitrogens with two attached hydrogens (primary N) is 1. The summed E-state index contributed by atoms with van der Waals surface area (Å²) in [4.78, 5) is 0. The number of aliphatic hydroxyl groups excluding tert-OH is 1. The zero-order chi connectivity index (χ0) is 11.1. The monoisotopic (exact) mass is 211 g/mol. The van der Waals surface area contributed by atoms with E-state index < -0.39 is 6.29 Å². The molecule has 15 heavy (non-hydrogen) atoms. The summed E-state index contributed by atoms with van der Waals surface area (Å²) in [6, 6.07) is 7.50. The summed E-state index contributed by atoms with van der Waals surface area (Å²) in [7, 11) is 1.68. The van der Waals surface area contributed by atoms with Gasteiger partial charge in [-0.2, -0.15) is 0 Å². The zero-order valence-electron chi connectivity index (χ0n) is 8.85. The van der Waals surface area contributed by atoms with Gasteiger partial charge in [0, 0.05) is 7.11 Å². The van der Waals surface area contributed by atoms with Crippen LogP contribution < -0.4 is 10.5 Å². The van der Waals surface area contributed by atoms with Gasteiger partial charge in [-0.25, -0.2) is 0 Å². The molecule has 1 rings (SSSR count). The molecule has 0 saturated heterocycles. The molecular formula is C11H17NO3. The van der Waals surface area contributed by atoms with Crippen LogP contribution in [0.2, 0.25) is 0 Å². The first kappa shape index (κ1) is 12.0. The summed E-state index contributed by atoms with van der Waals surface area (Å²) in [5.41, 5.74) is 6.40. The molecule has 0 aliphatic rings. The number of hydrogen-bond acceptors (Lipinski definition) is 4. The summed E-state index contributed by atoms with van der Waals surface area (Å²) in [6.45, 7) is 0.789. The fraction of sp³-hybridized carbons (Fsp3) is 0.455. The van der Waals surface area contributed by atoms with Gasteiger partial charge >= 0.3 is 0 Å². The van der Waals surface area contributed by atoms with Crippen LogP contribution in [0.1, 0.15) is 5.56 Å². The molecule has 0 radical (unpaired) electrons. The maximum absolute atomic E-state index is 9.15. The number of rotatable bonds is 6. The number of hydrogen-bond donors (Lipinski definition) is 2. The second-order valence-electron chi connectivity index (χ2n) is 3.19. The summed E-state index contributed by atoms with van der Waals surface area (Å²) < 4.78 is 10.1. The molecule has 4 heteroatoms. The standard InChI is InChI=1S/C11H17NO3/c1-14-7-6-9-2-4-10(5-3-9)15-11(13)8-12/h2-5,11,13H,6-8,12H2,1H3. The molecule has 1 aromatic carbocycles. The summed E-state index contributed by atoms with van der Waals surface area (Å²) in [5.74, 6) is 0.620. The third-order valence-electron chi connectivity index (χ3n) is 1.99. The van der Waals surface area contributed by atoms with Crippen LogP contribution in [0.25, 0.3) is 0 Å². The van der Waals surface area contributed by atoms with Gasteiger partial charge in [-0.3, -0.25) is 0 Å². The zero-order valence-corrected chi connectivity index (χ0v) is 8.85. The van der Waals surface area contributed by atoms with Crippen molar-refractivity contribution in [2.75, 3.05) is 20.3 Å². The Kier molecular flexibility index (Phi) is 5.10. The van der Waals surface area contributed by atoms with Crippen LogP contribution in [0.3, 0.4) is 0 Å². The quantitative estimate of drug-likeness (QED) is 0.674. The van der Waals surface area contributed by atoms with Gasteiger partial charge < -0.3 is 20.3 Å². The van der Waals surface area contributed by atoms with E-state index in [-0.39, 0.29) is 6.54 Å². The predicted octanol–water partition coefficient (Wildman–Crippen LogP) is 0.531. The number of benzene rings is 1. The van der Waals surface area contributed by atoms with Gasteiger partial charge in [0.15, 0.2) is 0 Å². The lowest BCUT2D eigenvalue weighted by atomic mass is 10.1. The molecule has 1 aromatic rings. The molecule has 1 unspecified atom stereocenters. The van der Waals surface area contributed by atoms with Crippen LogP contribution in [0.4, 0.5) is 0 Å². The molecule has 0 aromatic heterocycles. The Bertz CT molecular complexity index is 274. The molecule has 0 aliphatic carbocycles. The largest absolute Gasteiger partial charge is 0.464 e. The molecule has 0 bridgehead atoms. The summed E-state index contributed by atoms with van der Waals surface area (Å²) in [6.07, 6.45) is -0.0641. The van der Waals surface area contributed by atoms with E-state index in [4.69, 9.17) is 20.3 Å². The van der Waals surface area contributed by atoms with Crippen molar-refractivity contribution in [3.05, 3.63) is 29.8 Å². The number of aliphatic hydroxyl groups is 1. The highest BCUT2D eigenvalue weighted by Crippen LogP contribution is 2.13. The SMILES string of the molecule is COCCc1ccc(OC(O)CN)cc1. The molecule has 4 nitrogen and oxygen atoms in total. The molecule has 0 aliphatic heterocycles. The van der Waals surface area contributed by atoms with Crippen LogP contribution in [0.15, 0.2) is 24.3 Å². The van der Waals surface area contributed by atoms with Gasteiger partial charge in [0.25, 0.3) is 0 Å². The Morgan fingerprint density at radius 1 is 1.33 bits per heavy atom. The highest BCUT2D eigenvalue weighted by atomic mass is 16.6. The number of ether oxygens (including phenoxy) is 2. The van der Waals surface area contributed by atoms with Crippen molar-refractivity contribution < 1.29 is 14.6 Å².